The van der Waals surface area contributed by atoms with E-state index in [4.69, 9.17) is 9.15 Å². The highest BCUT2D eigenvalue weighted by Crippen LogP contribution is 2.22. The van der Waals surface area contributed by atoms with Gasteiger partial charge in [0, 0.05) is 6.20 Å². The Labute approximate surface area is 225 Å². The van der Waals surface area contributed by atoms with Gasteiger partial charge < -0.3 is 14.5 Å². The van der Waals surface area contributed by atoms with E-state index in [9.17, 15) is 18.0 Å². The van der Waals surface area contributed by atoms with Crippen LogP contribution in [0.1, 0.15) is 11.3 Å². The number of rotatable bonds is 12. The monoisotopic (exact) mass is 547 g/mol. The van der Waals surface area contributed by atoms with E-state index in [1.165, 1.54) is 37.0 Å². The molecule has 2 amide bonds. The number of hydrogen-bond donors (Lipinski definition) is 2. The van der Waals surface area contributed by atoms with Crippen LogP contribution in [0.2, 0.25) is 0 Å². The molecule has 0 saturated carbocycles. The predicted octanol–water partition coefficient (Wildman–Crippen LogP) is 2.72. The maximum atomic E-state index is 13.2. The summed E-state index contributed by atoms with van der Waals surface area (Å²) in [5, 5.41) is 6.60. The van der Waals surface area contributed by atoms with Crippen LogP contribution in [0.5, 0.6) is 5.75 Å². The van der Waals surface area contributed by atoms with Crippen LogP contribution in [-0.4, -0.2) is 44.6 Å². The molecule has 2 aromatic heterocycles. The minimum Gasteiger partial charge on any atom is -0.484 e. The van der Waals surface area contributed by atoms with Crippen molar-refractivity contribution in [1.29, 1.82) is 0 Å². The Morgan fingerprint density at radius 1 is 0.974 bits per heavy atom. The van der Waals surface area contributed by atoms with E-state index in [1.54, 1.807) is 66.7 Å². The lowest BCUT2D eigenvalue weighted by Gasteiger charge is -2.23. The summed E-state index contributed by atoms with van der Waals surface area (Å²) in [6.07, 6.45) is 5.80. The second-order valence-corrected chi connectivity index (χ2v) is 9.91. The lowest BCUT2D eigenvalue weighted by atomic mass is 10.2. The number of benzene rings is 2. The van der Waals surface area contributed by atoms with E-state index in [1.807, 2.05) is 0 Å². The average Bonchev–Trinajstić information content (AvgIpc) is 3.49. The van der Waals surface area contributed by atoms with Crippen LogP contribution in [0.4, 0.5) is 5.69 Å². The van der Waals surface area contributed by atoms with Crippen LogP contribution >= 0.6 is 0 Å². The fourth-order valence-corrected chi connectivity index (χ4v) is 4.76. The van der Waals surface area contributed by atoms with Gasteiger partial charge in [-0.3, -0.25) is 18.9 Å². The van der Waals surface area contributed by atoms with Crippen molar-refractivity contribution in [3.8, 4) is 5.75 Å². The molecule has 0 fully saturated rings. The van der Waals surface area contributed by atoms with Crippen molar-refractivity contribution in [1.82, 2.24) is 15.7 Å². The van der Waals surface area contributed by atoms with Crippen molar-refractivity contribution in [2.24, 2.45) is 5.10 Å². The molecule has 0 saturated heterocycles. The van der Waals surface area contributed by atoms with E-state index >= 15 is 0 Å². The normalized spacial score (nSPS) is 11.2. The number of furan rings is 1. The lowest BCUT2D eigenvalue weighted by molar-refractivity contribution is -0.123. The molecule has 0 aliphatic carbocycles. The number of amides is 2. The first-order valence-electron chi connectivity index (χ1n) is 11.7. The maximum Gasteiger partial charge on any atom is 0.264 e. The summed E-state index contributed by atoms with van der Waals surface area (Å²) in [4.78, 5) is 28.5. The van der Waals surface area contributed by atoms with Gasteiger partial charge in [0.1, 0.15) is 18.1 Å². The zero-order valence-corrected chi connectivity index (χ0v) is 21.5. The zero-order chi connectivity index (χ0) is 27.5. The summed E-state index contributed by atoms with van der Waals surface area (Å²) in [6, 6.07) is 21.1. The third kappa shape index (κ3) is 7.76. The van der Waals surface area contributed by atoms with E-state index in [2.05, 4.69) is 20.8 Å². The average molecular weight is 548 g/mol. The number of sulfonamides is 1. The molecule has 2 aromatic carbocycles. The first-order valence-corrected chi connectivity index (χ1v) is 13.2. The molecule has 4 aromatic rings. The maximum absolute atomic E-state index is 13.2. The predicted molar refractivity (Wildman–Crippen MR) is 143 cm³/mol. The summed E-state index contributed by atoms with van der Waals surface area (Å²) in [5.74, 6) is 0.175. The number of nitrogens with one attached hydrogen (secondary N) is 2. The van der Waals surface area contributed by atoms with Gasteiger partial charge in [-0.15, -0.1) is 0 Å². The molecule has 0 unspecified atom stereocenters. The number of hydrogen-bond acceptors (Lipinski definition) is 8. The smallest absolute Gasteiger partial charge is 0.264 e. The highest BCUT2D eigenvalue weighted by Gasteiger charge is 2.27. The van der Waals surface area contributed by atoms with Crippen LogP contribution in [0.15, 0.2) is 112 Å². The van der Waals surface area contributed by atoms with Crippen molar-refractivity contribution < 1.29 is 27.2 Å². The summed E-state index contributed by atoms with van der Waals surface area (Å²) in [7, 11) is -4.02. The fourth-order valence-electron chi connectivity index (χ4n) is 3.33. The molecule has 2 N–H and O–H groups in total. The number of carbonyl (C=O) groups is 2. The number of pyridine rings is 1. The first kappa shape index (κ1) is 27.1. The Morgan fingerprint density at radius 3 is 2.46 bits per heavy atom. The molecule has 0 spiro atoms. The van der Waals surface area contributed by atoms with E-state index in [0.717, 1.165) is 4.31 Å². The Hall–Kier alpha value is -4.97. The quantitative estimate of drug-likeness (QED) is 0.205. The molecular weight excluding hydrogens is 522 g/mol. The fraction of sp³-hybridized carbons (Fsp3) is 0.111. The van der Waals surface area contributed by atoms with Gasteiger partial charge in [-0.2, -0.15) is 5.10 Å². The Kier molecular flexibility index (Phi) is 9.03. The molecule has 11 nitrogen and oxygen atoms in total. The minimum absolute atomic E-state index is 0.0440. The molecule has 39 heavy (non-hydrogen) atoms. The molecule has 0 aliphatic rings. The molecule has 2 heterocycles. The lowest BCUT2D eigenvalue weighted by Crippen LogP contribution is -2.39. The molecule has 200 valence electrons. The van der Waals surface area contributed by atoms with Crippen molar-refractivity contribution in [3.63, 3.8) is 0 Å². The van der Waals surface area contributed by atoms with E-state index in [-0.39, 0.29) is 29.6 Å². The third-order valence-corrected chi connectivity index (χ3v) is 7.03. The van der Waals surface area contributed by atoms with Crippen LogP contribution < -0.4 is 19.8 Å². The number of hydrazone groups is 1. The summed E-state index contributed by atoms with van der Waals surface area (Å²) < 4.78 is 38.0. The number of carbonyl (C=O) groups excluding carboxylic acids is 2. The van der Waals surface area contributed by atoms with Gasteiger partial charge in [0.2, 0.25) is 0 Å². The number of aromatic nitrogens is 1. The van der Waals surface area contributed by atoms with Crippen molar-refractivity contribution >= 4 is 33.7 Å². The molecule has 0 radical (unpaired) electrons. The van der Waals surface area contributed by atoms with Crippen molar-refractivity contribution in [3.05, 3.63) is 109 Å². The van der Waals surface area contributed by atoms with Gasteiger partial charge in [0.15, 0.2) is 6.61 Å². The van der Waals surface area contributed by atoms with Gasteiger partial charge in [0.05, 0.1) is 35.8 Å². The Morgan fingerprint density at radius 2 is 1.77 bits per heavy atom. The number of nitrogens with zero attached hydrogens (tertiary/aromatic N) is 3. The molecule has 4 rings (SSSR count). The van der Waals surface area contributed by atoms with Gasteiger partial charge in [-0.05, 0) is 66.2 Å². The molecule has 0 bridgehead atoms. The van der Waals surface area contributed by atoms with Crippen LogP contribution in [0.25, 0.3) is 0 Å². The number of ether oxygens (including phenoxy) is 1. The third-order valence-electron chi connectivity index (χ3n) is 5.25. The number of anilines is 1. The van der Waals surface area contributed by atoms with Gasteiger partial charge in [-0.25, -0.2) is 13.8 Å². The molecule has 12 heteroatoms. The summed E-state index contributed by atoms with van der Waals surface area (Å²) >= 11 is 0. The molecule has 0 aliphatic heterocycles. The van der Waals surface area contributed by atoms with Crippen LogP contribution in [0.3, 0.4) is 0 Å². The highest BCUT2D eigenvalue weighted by atomic mass is 32.2. The van der Waals surface area contributed by atoms with Crippen molar-refractivity contribution in [2.45, 2.75) is 11.4 Å². The topological polar surface area (TPSA) is 143 Å². The standard InChI is InChI=1S/C27H25N5O6S/c33-26(19-32(22-6-4-14-28-17-22)39(35,36)25-8-2-1-3-9-25)31-30-16-21-10-12-23(13-11-21)38-20-27(34)29-18-24-7-5-15-37-24/h1-17H,18-20H2,(H,29,34)(H,31,33)/b30-16-. The second-order valence-electron chi connectivity index (χ2n) is 8.04. The van der Waals surface area contributed by atoms with Crippen LogP contribution in [-0.2, 0) is 26.2 Å². The Balaban J connectivity index is 1.30. The SMILES string of the molecule is O=C(COc1ccc(/C=N\NC(=O)CN(c2cccnc2)S(=O)(=O)c2ccccc2)cc1)NCc1ccco1. The molecular formula is C27H25N5O6S. The highest BCUT2D eigenvalue weighted by molar-refractivity contribution is 7.92. The first-order chi connectivity index (χ1) is 18.9. The summed E-state index contributed by atoms with van der Waals surface area (Å²) in [6.45, 7) is -0.396. The largest absolute Gasteiger partial charge is 0.484 e. The van der Waals surface area contributed by atoms with Gasteiger partial charge in [-0.1, -0.05) is 18.2 Å². The molecule has 0 atom stereocenters. The Bertz CT molecular complexity index is 1490. The van der Waals surface area contributed by atoms with Gasteiger partial charge >= 0.3 is 0 Å². The van der Waals surface area contributed by atoms with Crippen LogP contribution in [0, 0.1) is 0 Å². The van der Waals surface area contributed by atoms with Crippen molar-refractivity contribution in [2.75, 3.05) is 17.5 Å². The second kappa shape index (κ2) is 13.0. The minimum atomic E-state index is -4.02. The zero-order valence-electron chi connectivity index (χ0n) is 20.6. The van der Waals surface area contributed by atoms with E-state index < -0.39 is 22.5 Å². The summed E-state index contributed by atoms with van der Waals surface area (Å²) in [5.41, 5.74) is 3.23. The van der Waals surface area contributed by atoms with E-state index in [0.29, 0.717) is 17.1 Å². The van der Waals surface area contributed by atoms with Gasteiger partial charge in [0.25, 0.3) is 21.8 Å².